The van der Waals surface area contributed by atoms with Gasteiger partial charge in [-0.1, -0.05) is 0 Å². The average molecular weight is 291 g/mol. The van der Waals surface area contributed by atoms with Crippen molar-refractivity contribution in [2.24, 2.45) is 0 Å². The molecule has 110 valence electrons. The van der Waals surface area contributed by atoms with E-state index in [-0.39, 0.29) is 19.0 Å². The van der Waals surface area contributed by atoms with Crippen molar-refractivity contribution in [3.8, 4) is 0 Å². The number of aromatic nitrogens is 4. The SMILES string of the molecule is Nc1ncnc2c([C@@H]3OC4(CC4O)[C@H]4OCO[C@@H]34)[nH]nc12. The van der Waals surface area contributed by atoms with Gasteiger partial charge < -0.3 is 25.1 Å². The maximum atomic E-state index is 9.90. The number of hydrogen-bond donors (Lipinski definition) is 3. The first-order chi connectivity index (χ1) is 10.2. The Morgan fingerprint density at radius 1 is 1.33 bits per heavy atom. The van der Waals surface area contributed by atoms with Crippen molar-refractivity contribution in [1.82, 2.24) is 20.2 Å². The van der Waals surface area contributed by atoms with E-state index in [4.69, 9.17) is 19.9 Å². The van der Waals surface area contributed by atoms with Crippen LogP contribution in [-0.2, 0) is 14.2 Å². The molecule has 0 bridgehead atoms. The van der Waals surface area contributed by atoms with Gasteiger partial charge in [-0.05, 0) is 0 Å². The number of anilines is 1. The van der Waals surface area contributed by atoms with Crippen LogP contribution in [0.25, 0.3) is 11.0 Å². The number of aliphatic hydroxyl groups excluding tert-OH is 1. The highest BCUT2D eigenvalue weighted by atomic mass is 16.7. The number of nitrogens with two attached hydrogens (primary N) is 1. The standard InChI is InChI=1S/C12H13N5O4/c13-11-7-5(14-2-15-11)6(16-17-7)8-9-10(20-3-19-9)12(21-8)1-4(12)18/h2,4,8-10,18H,1,3H2,(H,16,17)(H2,13,14,15)/t4?,8-,9-,10-,12?/m0/s1. The third-order valence-electron chi connectivity index (χ3n) is 4.53. The highest BCUT2D eigenvalue weighted by Gasteiger charge is 2.72. The number of nitrogens with one attached hydrogen (secondary N) is 1. The van der Waals surface area contributed by atoms with E-state index in [1.165, 1.54) is 6.33 Å². The third-order valence-corrected chi connectivity index (χ3v) is 4.53. The van der Waals surface area contributed by atoms with Gasteiger partial charge in [0.15, 0.2) is 11.3 Å². The van der Waals surface area contributed by atoms with Crippen molar-refractivity contribution in [3.63, 3.8) is 0 Å². The predicted octanol–water partition coefficient (Wildman–Crippen LogP) is -0.749. The van der Waals surface area contributed by atoms with Crippen LogP contribution in [0.2, 0.25) is 0 Å². The van der Waals surface area contributed by atoms with E-state index >= 15 is 0 Å². The lowest BCUT2D eigenvalue weighted by atomic mass is 10.0. The molecule has 0 aromatic carbocycles. The van der Waals surface area contributed by atoms with Crippen molar-refractivity contribution in [1.29, 1.82) is 0 Å². The number of fused-ring (bicyclic) bond motifs is 3. The van der Waals surface area contributed by atoms with Gasteiger partial charge in [-0.3, -0.25) is 5.10 Å². The van der Waals surface area contributed by atoms with Gasteiger partial charge in [0.2, 0.25) is 0 Å². The topological polar surface area (TPSA) is 128 Å². The summed E-state index contributed by atoms with van der Waals surface area (Å²) in [6.45, 7) is 0.201. The lowest BCUT2D eigenvalue weighted by Crippen LogP contribution is -2.32. The van der Waals surface area contributed by atoms with E-state index < -0.39 is 17.8 Å². The van der Waals surface area contributed by atoms with E-state index in [1.54, 1.807) is 0 Å². The second kappa shape index (κ2) is 3.69. The van der Waals surface area contributed by atoms with Crippen LogP contribution in [0.1, 0.15) is 18.2 Å². The number of ether oxygens (including phenoxy) is 3. The molecule has 1 spiro atoms. The first-order valence-electron chi connectivity index (χ1n) is 6.74. The minimum absolute atomic E-state index is 0.201. The quantitative estimate of drug-likeness (QED) is 0.626. The van der Waals surface area contributed by atoms with E-state index in [0.717, 1.165) is 0 Å². The van der Waals surface area contributed by atoms with Crippen LogP contribution in [0.5, 0.6) is 0 Å². The summed E-state index contributed by atoms with van der Waals surface area (Å²) >= 11 is 0. The molecule has 2 aromatic rings. The Morgan fingerprint density at radius 2 is 2.19 bits per heavy atom. The van der Waals surface area contributed by atoms with Crippen LogP contribution in [0.15, 0.2) is 6.33 Å². The molecule has 2 unspecified atom stereocenters. The highest BCUT2D eigenvalue weighted by molar-refractivity contribution is 5.85. The first kappa shape index (κ1) is 11.8. The highest BCUT2D eigenvalue weighted by Crippen LogP contribution is 2.57. The minimum Gasteiger partial charge on any atom is -0.390 e. The van der Waals surface area contributed by atoms with E-state index in [1.807, 2.05) is 0 Å². The van der Waals surface area contributed by atoms with Gasteiger partial charge in [0.1, 0.15) is 42.5 Å². The first-order valence-corrected chi connectivity index (χ1v) is 6.74. The number of aromatic amines is 1. The Bertz CT molecular complexity index is 736. The molecule has 2 aromatic heterocycles. The maximum absolute atomic E-state index is 9.90. The molecule has 5 rings (SSSR count). The molecule has 9 heteroatoms. The summed E-state index contributed by atoms with van der Waals surface area (Å²) in [5, 5.41) is 17.0. The Labute approximate surface area is 118 Å². The predicted molar refractivity (Wildman–Crippen MR) is 67.9 cm³/mol. The molecular weight excluding hydrogens is 278 g/mol. The molecule has 0 amide bonds. The fraction of sp³-hybridized carbons (Fsp3) is 0.583. The molecule has 1 saturated carbocycles. The van der Waals surface area contributed by atoms with Gasteiger partial charge in [-0.15, -0.1) is 0 Å². The summed E-state index contributed by atoms with van der Waals surface area (Å²) < 4.78 is 17.3. The fourth-order valence-corrected chi connectivity index (χ4v) is 3.38. The van der Waals surface area contributed by atoms with Crippen molar-refractivity contribution in [2.75, 3.05) is 12.5 Å². The molecule has 3 fully saturated rings. The lowest BCUT2D eigenvalue weighted by Gasteiger charge is -2.15. The number of nitrogen functional groups attached to an aromatic ring is 1. The van der Waals surface area contributed by atoms with Crippen molar-refractivity contribution < 1.29 is 19.3 Å². The van der Waals surface area contributed by atoms with Crippen molar-refractivity contribution >= 4 is 16.9 Å². The van der Waals surface area contributed by atoms with Crippen LogP contribution >= 0.6 is 0 Å². The van der Waals surface area contributed by atoms with E-state index in [9.17, 15) is 5.11 Å². The van der Waals surface area contributed by atoms with Gasteiger partial charge in [0.25, 0.3) is 0 Å². The van der Waals surface area contributed by atoms with Crippen LogP contribution < -0.4 is 5.73 Å². The minimum atomic E-state index is -0.665. The Kier molecular flexibility index (Phi) is 2.07. The number of aliphatic hydroxyl groups is 1. The summed E-state index contributed by atoms with van der Waals surface area (Å²) in [6, 6.07) is 0. The van der Waals surface area contributed by atoms with Gasteiger partial charge in [0, 0.05) is 6.42 Å². The molecule has 5 atom stereocenters. The molecule has 9 nitrogen and oxygen atoms in total. The zero-order valence-corrected chi connectivity index (χ0v) is 10.9. The molecule has 4 heterocycles. The molecule has 1 aliphatic carbocycles. The lowest BCUT2D eigenvalue weighted by molar-refractivity contribution is -0.0985. The molecule has 2 aliphatic heterocycles. The van der Waals surface area contributed by atoms with Gasteiger partial charge >= 0.3 is 0 Å². The van der Waals surface area contributed by atoms with Crippen LogP contribution in [0.4, 0.5) is 5.82 Å². The normalized spacial score (nSPS) is 41.0. The second-order valence-corrected chi connectivity index (χ2v) is 5.64. The molecule has 4 N–H and O–H groups in total. The Morgan fingerprint density at radius 3 is 3.00 bits per heavy atom. The molecule has 3 aliphatic rings. The Balaban J connectivity index is 1.62. The van der Waals surface area contributed by atoms with Crippen molar-refractivity contribution in [2.45, 2.75) is 36.4 Å². The molecular formula is C12H13N5O4. The summed E-state index contributed by atoms with van der Waals surface area (Å²) in [6.07, 6.45) is 0.435. The molecule has 21 heavy (non-hydrogen) atoms. The van der Waals surface area contributed by atoms with Gasteiger partial charge in [0.05, 0.1) is 11.8 Å². The summed E-state index contributed by atoms with van der Waals surface area (Å²) in [4.78, 5) is 8.14. The zero-order chi connectivity index (χ0) is 14.2. The largest absolute Gasteiger partial charge is 0.390 e. The summed E-state index contributed by atoms with van der Waals surface area (Å²) in [7, 11) is 0. The number of hydrogen-bond acceptors (Lipinski definition) is 8. The Hall–Kier alpha value is -1.81. The zero-order valence-electron chi connectivity index (χ0n) is 10.9. The van der Waals surface area contributed by atoms with Gasteiger partial charge in [-0.25, -0.2) is 9.97 Å². The average Bonchev–Trinajstić information content (AvgIpc) is 2.92. The van der Waals surface area contributed by atoms with Crippen molar-refractivity contribution in [3.05, 3.63) is 12.0 Å². The monoisotopic (exact) mass is 291 g/mol. The smallest absolute Gasteiger partial charge is 0.155 e. The van der Waals surface area contributed by atoms with Gasteiger partial charge in [-0.2, -0.15) is 5.10 Å². The van der Waals surface area contributed by atoms with Crippen LogP contribution in [0, 0.1) is 0 Å². The van der Waals surface area contributed by atoms with E-state index in [0.29, 0.717) is 29.0 Å². The number of nitrogens with zero attached hydrogens (tertiary/aromatic N) is 3. The third kappa shape index (κ3) is 1.36. The molecule has 2 saturated heterocycles. The molecule has 0 radical (unpaired) electrons. The maximum Gasteiger partial charge on any atom is 0.155 e. The van der Waals surface area contributed by atoms with Crippen LogP contribution in [0.3, 0.4) is 0 Å². The second-order valence-electron chi connectivity index (χ2n) is 5.64. The van der Waals surface area contributed by atoms with E-state index in [2.05, 4.69) is 20.2 Å². The fourth-order valence-electron chi connectivity index (χ4n) is 3.38. The summed E-state index contributed by atoms with van der Waals surface area (Å²) in [5.74, 6) is 0.307. The number of H-pyrrole nitrogens is 1. The van der Waals surface area contributed by atoms with Crippen LogP contribution in [-0.4, -0.2) is 56.0 Å². The summed E-state index contributed by atoms with van der Waals surface area (Å²) in [5.41, 5.74) is 6.91. The number of rotatable bonds is 1.